The number of amides is 1. The van der Waals surface area contributed by atoms with Gasteiger partial charge in [-0.3, -0.25) is 9.69 Å². The minimum Gasteiger partial charge on any atom is -0.393 e. The fourth-order valence-electron chi connectivity index (χ4n) is 5.63. The monoisotopic (exact) mass is 457 g/mol. The van der Waals surface area contributed by atoms with Crippen LogP contribution in [-0.4, -0.2) is 70.8 Å². The first-order valence-electron chi connectivity index (χ1n) is 13.0. The van der Waals surface area contributed by atoms with E-state index in [0.717, 1.165) is 81.5 Å². The Hall–Kier alpha value is -1.73. The largest absolute Gasteiger partial charge is 0.393 e. The van der Waals surface area contributed by atoms with E-state index >= 15 is 0 Å². The van der Waals surface area contributed by atoms with Crippen LogP contribution in [0.15, 0.2) is 6.07 Å². The lowest BCUT2D eigenvalue weighted by molar-refractivity contribution is -0.110. The second-order valence-corrected chi connectivity index (χ2v) is 11.7. The number of piperazine rings is 1. The van der Waals surface area contributed by atoms with Crippen LogP contribution in [0.1, 0.15) is 90.1 Å². The Bertz CT molecular complexity index is 796. The van der Waals surface area contributed by atoms with Crippen molar-refractivity contribution < 1.29 is 9.90 Å². The molecule has 0 bridgehead atoms. The highest BCUT2D eigenvalue weighted by Crippen LogP contribution is 2.38. The topological polar surface area (TPSA) is 81.6 Å². The fourth-order valence-corrected chi connectivity index (χ4v) is 5.63. The summed E-state index contributed by atoms with van der Waals surface area (Å²) in [4.78, 5) is 25.7. The highest BCUT2D eigenvalue weighted by atomic mass is 16.3. The molecule has 1 aliphatic heterocycles. The number of nitrogens with zero attached hydrogens (tertiary/aromatic N) is 4. The summed E-state index contributed by atoms with van der Waals surface area (Å²) in [7, 11) is 0. The molecule has 0 radical (unpaired) electrons. The molecule has 1 amide bonds. The predicted molar refractivity (Wildman–Crippen MR) is 132 cm³/mol. The number of aliphatic hydroxyl groups is 1. The molecular weight excluding hydrogens is 414 g/mol. The van der Waals surface area contributed by atoms with Gasteiger partial charge in [-0.15, -0.1) is 0 Å². The van der Waals surface area contributed by atoms with E-state index in [2.05, 4.69) is 48.9 Å². The number of hydrogen-bond donors (Lipinski definition) is 2. The number of anilines is 1. The number of nitrogens with one attached hydrogen (secondary N) is 1. The summed E-state index contributed by atoms with van der Waals surface area (Å²) < 4.78 is 0. The van der Waals surface area contributed by atoms with Gasteiger partial charge in [0.2, 0.25) is 6.41 Å². The molecule has 7 heteroatoms. The van der Waals surface area contributed by atoms with Crippen LogP contribution < -0.4 is 10.2 Å². The van der Waals surface area contributed by atoms with Crippen molar-refractivity contribution in [2.45, 2.75) is 102 Å². The van der Waals surface area contributed by atoms with Crippen molar-refractivity contribution in [2.75, 3.05) is 31.1 Å². The van der Waals surface area contributed by atoms with E-state index in [1.807, 2.05) is 0 Å². The number of aromatic nitrogens is 2. The quantitative estimate of drug-likeness (QED) is 0.612. The third-order valence-corrected chi connectivity index (χ3v) is 7.94. The minimum atomic E-state index is -0.176. The maximum atomic E-state index is 10.7. The number of hydrogen-bond acceptors (Lipinski definition) is 6. The molecule has 3 aliphatic rings. The van der Waals surface area contributed by atoms with Crippen molar-refractivity contribution in [3.05, 3.63) is 17.6 Å². The summed E-state index contributed by atoms with van der Waals surface area (Å²) in [5.41, 5.74) is 1.00. The summed E-state index contributed by atoms with van der Waals surface area (Å²) in [6.07, 6.45) is 8.28. The van der Waals surface area contributed by atoms with Crippen molar-refractivity contribution in [1.82, 2.24) is 20.2 Å². The molecule has 2 saturated carbocycles. The molecule has 184 valence electrons. The normalized spacial score (nSPS) is 31.2. The first-order chi connectivity index (χ1) is 15.7. The van der Waals surface area contributed by atoms with Gasteiger partial charge in [-0.05, 0) is 64.3 Å². The molecule has 2 N–H and O–H groups in total. The fraction of sp³-hybridized carbons (Fsp3) is 0.808. The van der Waals surface area contributed by atoms with Gasteiger partial charge in [-0.2, -0.15) is 0 Å². The molecule has 1 aromatic rings. The molecule has 1 atom stereocenters. The summed E-state index contributed by atoms with van der Waals surface area (Å²) in [6.45, 7) is 13.1. The molecule has 33 heavy (non-hydrogen) atoms. The third kappa shape index (κ3) is 6.04. The molecule has 1 aromatic heterocycles. The van der Waals surface area contributed by atoms with Gasteiger partial charge >= 0.3 is 0 Å². The number of carbonyl (C=O) groups excluding carboxylic acids is 1. The second-order valence-electron chi connectivity index (χ2n) is 11.7. The van der Waals surface area contributed by atoms with Gasteiger partial charge in [0.05, 0.1) is 6.10 Å². The van der Waals surface area contributed by atoms with E-state index in [4.69, 9.17) is 9.97 Å². The second kappa shape index (κ2) is 10.3. The maximum absolute atomic E-state index is 10.7. The number of aliphatic hydroxyl groups excluding tert-OH is 1. The van der Waals surface area contributed by atoms with Gasteiger partial charge in [0.15, 0.2) is 0 Å². The van der Waals surface area contributed by atoms with E-state index in [9.17, 15) is 9.90 Å². The molecule has 2 aliphatic carbocycles. The maximum Gasteiger partial charge on any atom is 0.207 e. The van der Waals surface area contributed by atoms with Crippen LogP contribution in [-0.2, 0) is 10.2 Å². The summed E-state index contributed by atoms with van der Waals surface area (Å²) in [5.74, 6) is 3.11. The van der Waals surface area contributed by atoms with Crippen LogP contribution >= 0.6 is 0 Å². The van der Waals surface area contributed by atoms with Gasteiger partial charge < -0.3 is 15.3 Å². The lowest BCUT2D eigenvalue weighted by Crippen LogP contribution is -2.52. The zero-order chi connectivity index (χ0) is 23.6. The molecular formula is C26H43N5O2. The first kappa shape index (κ1) is 24.4. The standard InChI is InChI=1S/C26H43N5O2/c1-18-16-30(10-9-19-5-7-21(8-6-19)27-17-32)11-12-31(18)24-15-23(20-13-22(33)14-20)28-25(29-24)26(2,3)4/h15,17-22,33H,5-14,16H2,1-4H3,(H,27,32). The van der Waals surface area contributed by atoms with E-state index in [1.54, 1.807) is 0 Å². The summed E-state index contributed by atoms with van der Waals surface area (Å²) >= 11 is 0. The van der Waals surface area contributed by atoms with Crippen LogP contribution in [0, 0.1) is 5.92 Å². The lowest BCUT2D eigenvalue weighted by atomic mass is 9.80. The van der Waals surface area contributed by atoms with Gasteiger partial charge in [0, 0.05) is 54.8 Å². The molecule has 0 aromatic carbocycles. The van der Waals surface area contributed by atoms with Crippen LogP contribution in [0.5, 0.6) is 0 Å². The van der Waals surface area contributed by atoms with Crippen LogP contribution in [0.3, 0.4) is 0 Å². The van der Waals surface area contributed by atoms with Crippen molar-refractivity contribution in [1.29, 1.82) is 0 Å². The number of carbonyl (C=O) groups is 1. The van der Waals surface area contributed by atoms with Crippen LogP contribution in [0.25, 0.3) is 0 Å². The SMILES string of the molecule is CC1CN(CCC2CCC(NC=O)CC2)CCN1c1cc(C2CC(O)C2)nc(C(C)(C)C)n1. The van der Waals surface area contributed by atoms with E-state index in [1.165, 1.54) is 19.3 Å². The highest BCUT2D eigenvalue weighted by Gasteiger charge is 2.33. The molecule has 7 nitrogen and oxygen atoms in total. The van der Waals surface area contributed by atoms with E-state index < -0.39 is 0 Å². The average Bonchev–Trinajstić information content (AvgIpc) is 2.76. The van der Waals surface area contributed by atoms with Crippen molar-refractivity contribution >= 4 is 12.2 Å². The third-order valence-electron chi connectivity index (χ3n) is 7.94. The van der Waals surface area contributed by atoms with Gasteiger partial charge in [0.1, 0.15) is 11.6 Å². The zero-order valence-corrected chi connectivity index (χ0v) is 21.0. The Morgan fingerprint density at radius 3 is 2.48 bits per heavy atom. The van der Waals surface area contributed by atoms with E-state index in [0.29, 0.717) is 18.0 Å². The Labute approximate surface area is 199 Å². The Morgan fingerprint density at radius 2 is 1.88 bits per heavy atom. The average molecular weight is 458 g/mol. The van der Waals surface area contributed by atoms with Crippen molar-refractivity contribution in [3.63, 3.8) is 0 Å². The highest BCUT2D eigenvalue weighted by molar-refractivity contribution is 5.46. The lowest BCUT2D eigenvalue weighted by Gasteiger charge is -2.42. The Morgan fingerprint density at radius 1 is 1.15 bits per heavy atom. The van der Waals surface area contributed by atoms with Crippen LogP contribution in [0.4, 0.5) is 5.82 Å². The van der Waals surface area contributed by atoms with Gasteiger partial charge in [0.25, 0.3) is 0 Å². The molecule has 1 unspecified atom stereocenters. The predicted octanol–water partition coefficient (Wildman–Crippen LogP) is 3.22. The van der Waals surface area contributed by atoms with Gasteiger partial charge in [-0.25, -0.2) is 9.97 Å². The first-order valence-corrected chi connectivity index (χ1v) is 13.0. The van der Waals surface area contributed by atoms with E-state index in [-0.39, 0.29) is 11.5 Å². The molecule has 2 heterocycles. The van der Waals surface area contributed by atoms with Gasteiger partial charge in [-0.1, -0.05) is 20.8 Å². The minimum absolute atomic E-state index is 0.0988. The molecule has 4 rings (SSSR count). The van der Waals surface area contributed by atoms with Crippen molar-refractivity contribution in [2.24, 2.45) is 5.92 Å². The Balaban J connectivity index is 1.35. The molecule has 0 spiro atoms. The number of rotatable bonds is 7. The van der Waals surface area contributed by atoms with Crippen molar-refractivity contribution in [3.8, 4) is 0 Å². The summed E-state index contributed by atoms with van der Waals surface area (Å²) in [6, 6.07) is 2.99. The molecule has 3 fully saturated rings. The van der Waals surface area contributed by atoms with Crippen LogP contribution in [0.2, 0.25) is 0 Å². The molecule has 1 saturated heterocycles. The summed E-state index contributed by atoms with van der Waals surface area (Å²) in [5, 5.41) is 12.8. The Kier molecular flexibility index (Phi) is 7.59. The smallest absolute Gasteiger partial charge is 0.207 e. The zero-order valence-electron chi connectivity index (χ0n) is 21.0.